The van der Waals surface area contributed by atoms with Crippen molar-refractivity contribution in [3.05, 3.63) is 60.6 Å². The van der Waals surface area contributed by atoms with Crippen LogP contribution in [-0.2, 0) is 6.54 Å². The Hall–Kier alpha value is -2.93. The monoisotopic (exact) mass is 351 g/mol. The summed E-state index contributed by atoms with van der Waals surface area (Å²) < 4.78 is 1.87. The minimum atomic E-state index is -0.549. The molecule has 3 atom stereocenters. The molecule has 1 amide bonds. The maximum atomic E-state index is 12.7. The van der Waals surface area contributed by atoms with Crippen molar-refractivity contribution < 1.29 is 9.90 Å². The van der Waals surface area contributed by atoms with Crippen LogP contribution in [0.2, 0.25) is 0 Å². The summed E-state index contributed by atoms with van der Waals surface area (Å²) in [5, 5.41) is 24.4. The van der Waals surface area contributed by atoms with Gasteiger partial charge in [-0.05, 0) is 24.8 Å². The van der Waals surface area contributed by atoms with Gasteiger partial charge in [-0.3, -0.25) is 14.6 Å². The lowest BCUT2D eigenvalue weighted by Gasteiger charge is -2.16. The number of aliphatic hydroxyl groups excluding tert-OH is 1. The van der Waals surface area contributed by atoms with Gasteiger partial charge in [-0.2, -0.15) is 10.2 Å². The van der Waals surface area contributed by atoms with Crippen molar-refractivity contribution in [3.63, 3.8) is 0 Å². The predicted octanol–water partition coefficient (Wildman–Crippen LogP) is 1.84. The smallest absolute Gasteiger partial charge is 0.255 e. The van der Waals surface area contributed by atoms with Crippen LogP contribution < -0.4 is 5.32 Å². The van der Waals surface area contributed by atoms with Gasteiger partial charge in [-0.25, -0.2) is 0 Å². The van der Waals surface area contributed by atoms with E-state index in [-0.39, 0.29) is 17.9 Å². The van der Waals surface area contributed by atoms with E-state index in [1.165, 1.54) is 6.20 Å². The van der Waals surface area contributed by atoms with E-state index in [0.29, 0.717) is 17.7 Å². The lowest BCUT2D eigenvalue weighted by Crippen LogP contribution is -2.40. The fourth-order valence-corrected chi connectivity index (χ4v) is 3.62. The molecule has 7 heteroatoms. The average molecular weight is 351 g/mol. The summed E-state index contributed by atoms with van der Waals surface area (Å²) in [7, 11) is 0. The second kappa shape index (κ2) is 7.13. The van der Waals surface area contributed by atoms with Crippen LogP contribution in [0.1, 0.15) is 23.2 Å². The summed E-state index contributed by atoms with van der Waals surface area (Å²) in [6.07, 6.45) is 6.02. The molecule has 4 rings (SSSR count). The van der Waals surface area contributed by atoms with Crippen molar-refractivity contribution in [3.8, 4) is 11.3 Å². The number of carbonyl (C=O) groups excluding carboxylic acids is 1. The Morgan fingerprint density at radius 3 is 2.88 bits per heavy atom. The number of hydrogen-bond donors (Lipinski definition) is 3. The molecule has 1 aliphatic carbocycles. The minimum Gasteiger partial charge on any atom is -0.391 e. The molecule has 2 heterocycles. The molecule has 134 valence electrons. The normalized spacial score (nSPS) is 22.4. The molecule has 7 nitrogen and oxygen atoms in total. The Bertz CT molecular complexity index is 859. The summed E-state index contributed by atoms with van der Waals surface area (Å²) >= 11 is 0. The van der Waals surface area contributed by atoms with Crippen LogP contribution in [0.25, 0.3) is 11.3 Å². The Balaban J connectivity index is 1.43. The third-order valence-electron chi connectivity index (χ3n) is 4.89. The molecule has 3 N–H and O–H groups in total. The molecule has 3 aromatic rings. The van der Waals surface area contributed by atoms with Gasteiger partial charge in [0.15, 0.2) is 0 Å². The lowest BCUT2D eigenvalue weighted by molar-refractivity contribution is 0.0873. The van der Waals surface area contributed by atoms with Crippen molar-refractivity contribution in [2.24, 2.45) is 5.92 Å². The second-order valence-corrected chi connectivity index (χ2v) is 6.74. The minimum absolute atomic E-state index is 0.221. The zero-order valence-electron chi connectivity index (χ0n) is 14.2. The van der Waals surface area contributed by atoms with Gasteiger partial charge in [0, 0.05) is 24.5 Å². The van der Waals surface area contributed by atoms with E-state index in [0.717, 1.165) is 18.5 Å². The molecule has 0 saturated heterocycles. The van der Waals surface area contributed by atoms with E-state index in [9.17, 15) is 9.90 Å². The number of amides is 1. The molecule has 0 aliphatic heterocycles. The van der Waals surface area contributed by atoms with Crippen LogP contribution in [0.3, 0.4) is 0 Å². The lowest BCUT2D eigenvalue weighted by atomic mass is 10.1. The molecule has 1 aromatic carbocycles. The third kappa shape index (κ3) is 3.39. The highest BCUT2D eigenvalue weighted by molar-refractivity contribution is 5.99. The van der Waals surface area contributed by atoms with Gasteiger partial charge in [0.25, 0.3) is 5.91 Å². The zero-order chi connectivity index (χ0) is 17.9. The molecular weight excluding hydrogens is 330 g/mol. The van der Waals surface area contributed by atoms with E-state index in [4.69, 9.17) is 0 Å². The number of nitrogens with zero attached hydrogens (tertiary/aromatic N) is 3. The first kappa shape index (κ1) is 16.5. The third-order valence-corrected chi connectivity index (χ3v) is 4.89. The Morgan fingerprint density at radius 2 is 2.12 bits per heavy atom. The SMILES string of the molecule is O=C(N[C@@H]1CC(Cn2cccn2)C[C@H]1O)c1cn[nH]c1-c1ccccc1. The number of benzene rings is 1. The second-order valence-electron chi connectivity index (χ2n) is 6.74. The molecule has 2 aromatic heterocycles. The molecule has 1 unspecified atom stereocenters. The van der Waals surface area contributed by atoms with Gasteiger partial charge < -0.3 is 10.4 Å². The van der Waals surface area contributed by atoms with Crippen LogP contribution in [-0.4, -0.2) is 43.1 Å². The number of H-pyrrole nitrogens is 1. The summed E-state index contributed by atoms with van der Waals surface area (Å²) in [6.45, 7) is 0.747. The number of aromatic nitrogens is 4. The van der Waals surface area contributed by atoms with Crippen molar-refractivity contribution in [1.82, 2.24) is 25.3 Å². The van der Waals surface area contributed by atoms with Crippen molar-refractivity contribution in [1.29, 1.82) is 0 Å². The fraction of sp³-hybridized carbons (Fsp3) is 0.316. The van der Waals surface area contributed by atoms with Gasteiger partial charge in [0.05, 0.1) is 29.6 Å². The van der Waals surface area contributed by atoms with Crippen LogP contribution in [0.4, 0.5) is 0 Å². The number of carbonyl (C=O) groups is 1. The fourth-order valence-electron chi connectivity index (χ4n) is 3.62. The van der Waals surface area contributed by atoms with Crippen LogP contribution in [0.5, 0.6) is 0 Å². The van der Waals surface area contributed by atoms with Crippen LogP contribution >= 0.6 is 0 Å². The van der Waals surface area contributed by atoms with E-state index >= 15 is 0 Å². The first-order valence-corrected chi connectivity index (χ1v) is 8.76. The molecule has 1 saturated carbocycles. The highest BCUT2D eigenvalue weighted by Gasteiger charge is 2.34. The Kier molecular flexibility index (Phi) is 4.53. The zero-order valence-corrected chi connectivity index (χ0v) is 14.2. The average Bonchev–Trinajstić information content (AvgIpc) is 3.38. The van der Waals surface area contributed by atoms with E-state index in [1.807, 2.05) is 47.3 Å². The van der Waals surface area contributed by atoms with Gasteiger partial charge in [0.1, 0.15) is 0 Å². The molecule has 0 spiro atoms. The van der Waals surface area contributed by atoms with Gasteiger partial charge in [0.2, 0.25) is 0 Å². The molecular formula is C19H21N5O2. The van der Waals surface area contributed by atoms with Crippen LogP contribution in [0, 0.1) is 5.92 Å². The predicted molar refractivity (Wildman–Crippen MR) is 96.2 cm³/mol. The van der Waals surface area contributed by atoms with Crippen LogP contribution in [0.15, 0.2) is 55.0 Å². The number of hydrogen-bond acceptors (Lipinski definition) is 4. The number of aliphatic hydroxyl groups is 1. The van der Waals surface area contributed by atoms with E-state index in [1.54, 1.807) is 6.20 Å². The van der Waals surface area contributed by atoms with Crippen molar-refractivity contribution in [2.45, 2.75) is 31.5 Å². The standard InChI is InChI=1S/C19H21N5O2/c25-17-10-13(12-24-8-4-7-21-24)9-16(17)22-19(26)15-11-20-23-18(15)14-5-2-1-3-6-14/h1-8,11,13,16-17,25H,9-10,12H2,(H,20,23)(H,22,26)/t13?,16-,17-/m1/s1. The Morgan fingerprint density at radius 1 is 1.27 bits per heavy atom. The molecule has 0 bridgehead atoms. The van der Waals surface area contributed by atoms with Crippen molar-refractivity contribution >= 4 is 5.91 Å². The molecule has 26 heavy (non-hydrogen) atoms. The van der Waals surface area contributed by atoms with Gasteiger partial charge in [-0.15, -0.1) is 0 Å². The van der Waals surface area contributed by atoms with E-state index in [2.05, 4.69) is 20.6 Å². The highest BCUT2D eigenvalue weighted by Crippen LogP contribution is 2.28. The molecule has 1 aliphatic rings. The molecule has 1 fully saturated rings. The first-order chi connectivity index (χ1) is 12.7. The number of aromatic amines is 1. The van der Waals surface area contributed by atoms with Crippen molar-refractivity contribution in [2.75, 3.05) is 0 Å². The summed E-state index contributed by atoms with van der Waals surface area (Å²) in [5.41, 5.74) is 2.07. The summed E-state index contributed by atoms with van der Waals surface area (Å²) in [5.74, 6) is 0.0644. The Labute approximate surface area is 151 Å². The molecule has 0 radical (unpaired) electrons. The highest BCUT2D eigenvalue weighted by atomic mass is 16.3. The maximum Gasteiger partial charge on any atom is 0.255 e. The first-order valence-electron chi connectivity index (χ1n) is 8.76. The summed E-state index contributed by atoms with van der Waals surface area (Å²) in [4.78, 5) is 12.7. The van der Waals surface area contributed by atoms with Gasteiger partial charge >= 0.3 is 0 Å². The van der Waals surface area contributed by atoms with Gasteiger partial charge in [-0.1, -0.05) is 30.3 Å². The largest absolute Gasteiger partial charge is 0.391 e. The quantitative estimate of drug-likeness (QED) is 0.653. The number of nitrogens with one attached hydrogen (secondary N) is 2. The van der Waals surface area contributed by atoms with E-state index < -0.39 is 6.10 Å². The summed E-state index contributed by atoms with van der Waals surface area (Å²) in [6, 6.07) is 11.2. The maximum absolute atomic E-state index is 12.7. The topological polar surface area (TPSA) is 95.8 Å². The number of rotatable bonds is 5.